The van der Waals surface area contributed by atoms with E-state index in [1.54, 1.807) is 0 Å². The molecule has 2 N–H and O–H groups in total. The number of piperazine rings is 1. The number of halogens is 1. The third kappa shape index (κ3) is 6.27. The summed E-state index contributed by atoms with van der Waals surface area (Å²) in [6.45, 7) is 6.47. The summed E-state index contributed by atoms with van der Waals surface area (Å²) in [6.07, 6.45) is 9.92. The molecule has 1 amide bonds. The lowest BCUT2D eigenvalue weighted by Gasteiger charge is -2.39. The van der Waals surface area contributed by atoms with Crippen LogP contribution in [0.2, 0.25) is 0 Å². The third-order valence-electron chi connectivity index (χ3n) is 8.15. The van der Waals surface area contributed by atoms with Crippen molar-refractivity contribution in [3.63, 3.8) is 0 Å². The first-order chi connectivity index (χ1) is 17.0. The van der Waals surface area contributed by atoms with Crippen LogP contribution in [0.3, 0.4) is 0 Å². The van der Waals surface area contributed by atoms with E-state index in [9.17, 15) is 9.18 Å². The molecule has 0 bridgehead atoms. The molecule has 35 heavy (non-hydrogen) atoms. The number of nitrogens with one attached hydrogen (secondary N) is 2. The van der Waals surface area contributed by atoms with Crippen LogP contribution in [-0.2, 0) is 9.63 Å². The van der Waals surface area contributed by atoms with E-state index in [0.29, 0.717) is 25.4 Å². The highest BCUT2D eigenvalue weighted by Gasteiger charge is 2.37. The van der Waals surface area contributed by atoms with Crippen LogP contribution in [0.4, 0.5) is 4.39 Å². The van der Waals surface area contributed by atoms with Gasteiger partial charge >= 0.3 is 0 Å². The summed E-state index contributed by atoms with van der Waals surface area (Å²) in [5, 5.41) is 3.46. The molecular formula is C26H39FN6O2. The number of amides is 1. The predicted octanol–water partition coefficient (Wildman–Crippen LogP) is 1.85. The van der Waals surface area contributed by atoms with E-state index in [1.807, 2.05) is 12.1 Å². The Bertz CT molecular complexity index is 900. The summed E-state index contributed by atoms with van der Waals surface area (Å²) in [4.78, 5) is 29.8. The summed E-state index contributed by atoms with van der Waals surface area (Å²) in [7, 11) is 2.18. The van der Waals surface area contributed by atoms with Gasteiger partial charge in [0.1, 0.15) is 0 Å². The first-order valence-corrected chi connectivity index (χ1v) is 13.2. The first-order valence-electron chi connectivity index (χ1n) is 13.2. The van der Waals surface area contributed by atoms with Gasteiger partial charge in [0.15, 0.2) is 6.23 Å². The van der Waals surface area contributed by atoms with Crippen molar-refractivity contribution in [2.75, 3.05) is 52.9 Å². The fourth-order valence-electron chi connectivity index (χ4n) is 6.01. The van der Waals surface area contributed by atoms with Gasteiger partial charge < -0.3 is 10.2 Å². The van der Waals surface area contributed by atoms with Crippen LogP contribution in [0.1, 0.15) is 44.1 Å². The van der Waals surface area contributed by atoms with Crippen LogP contribution < -0.4 is 10.8 Å². The highest BCUT2D eigenvalue weighted by Crippen LogP contribution is 2.30. The molecule has 1 aromatic rings. The van der Waals surface area contributed by atoms with Crippen LogP contribution in [0.25, 0.3) is 5.57 Å². The highest BCUT2D eigenvalue weighted by atomic mass is 19.1. The molecule has 0 radical (unpaired) electrons. The second kappa shape index (κ2) is 11.4. The molecule has 4 heterocycles. The molecule has 1 aliphatic carbocycles. The molecule has 3 atom stereocenters. The maximum absolute atomic E-state index is 13.6. The lowest BCUT2D eigenvalue weighted by molar-refractivity contribution is -0.142. The van der Waals surface area contributed by atoms with E-state index in [2.05, 4.69) is 37.5 Å². The smallest absolute Gasteiger partial charge is 0.221 e. The molecule has 192 valence electrons. The minimum absolute atomic E-state index is 0.0184. The summed E-state index contributed by atoms with van der Waals surface area (Å²) in [6, 6.07) is 3.49. The molecule has 0 spiro atoms. The van der Waals surface area contributed by atoms with Crippen molar-refractivity contribution >= 4 is 11.5 Å². The van der Waals surface area contributed by atoms with Crippen LogP contribution in [0, 0.1) is 11.9 Å². The Morgan fingerprint density at radius 1 is 1.26 bits per heavy atom. The Kier molecular flexibility index (Phi) is 8.09. The number of hydrogen-bond acceptors (Lipinski definition) is 7. The Morgan fingerprint density at radius 3 is 2.83 bits per heavy atom. The number of rotatable bonds is 7. The van der Waals surface area contributed by atoms with E-state index in [1.165, 1.54) is 44.4 Å². The molecule has 8 nitrogen and oxygen atoms in total. The van der Waals surface area contributed by atoms with Gasteiger partial charge in [-0.2, -0.15) is 9.87 Å². The van der Waals surface area contributed by atoms with E-state index >= 15 is 0 Å². The van der Waals surface area contributed by atoms with E-state index in [4.69, 9.17) is 4.84 Å². The molecule has 1 saturated carbocycles. The van der Waals surface area contributed by atoms with Crippen LogP contribution in [0.5, 0.6) is 0 Å². The maximum Gasteiger partial charge on any atom is 0.221 e. The number of carbonyl (C=O) groups is 1. The van der Waals surface area contributed by atoms with Crippen molar-refractivity contribution in [2.24, 2.45) is 5.92 Å². The quantitative estimate of drug-likeness (QED) is 0.570. The Hall–Kier alpha value is -1.91. The Morgan fingerprint density at radius 2 is 2.06 bits per heavy atom. The molecule has 3 fully saturated rings. The average molecular weight is 487 g/mol. The number of aromatic nitrogens is 1. The summed E-state index contributed by atoms with van der Waals surface area (Å²) in [5.74, 6) is 0.192. The minimum atomic E-state index is -0.489. The molecule has 9 heteroatoms. The fraction of sp³-hybridized carbons (Fsp3) is 0.692. The van der Waals surface area contributed by atoms with E-state index in [-0.39, 0.29) is 24.2 Å². The number of pyridine rings is 1. The van der Waals surface area contributed by atoms with Crippen molar-refractivity contribution in [1.29, 1.82) is 0 Å². The van der Waals surface area contributed by atoms with Gasteiger partial charge in [-0.25, -0.2) is 4.98 Å². The lowest BCUT2D eigenvalue weighted by atomic mass is 9.83. The Labute approximate surface area is 207 Å². The third-order valence-corrected chi connectivity index (χ3v) is 8.15. The molecule has 3 aliphatic heterocycles. The predicted molar refractivity (Wildman–Crippen MR) is 133 cm³/mol. The Balaban J connectivity index is 1.20. The lowest BCUT2D eigenvalue weighted by Crippen LogP contribution is -2.56. The maximum atomic E-state index is 13.6. The monoisotopic (exact) mass is 486 g/mol. The molecule has 5 rings (SSSR count). The molecule has 0 aromatic carbocycles. The zero-order valence-electron chi connectivity index (χ0n) is 20.8. The summed E-state index contributed by atoms with van der Waals surface area (Å²) < 4.78 is 13.6. The van der Waals surface area contributed by atoms with Gasteiger partial charge in [-0.1, -0.05) is 19.3 Å². The van der Waals surface area contributed by atoms with Gasteiger partial charge in [-0.15, -0.1) is 0 Å². The van der Waals surface area contributed by atoms with Crippen molar-refractivity contribution in [1.82, 2.24) is 30.5 Å². The largest absolute Gasteiger partial charge is 0.352 e. The zero-order valence-corrected chi connectivity index (χ0v) is 20.8. The number of carbonyl (C=O) groups excluding carboxylic acids is 1. The van der Waals surface area contributed by atoms with Gasteiger partial charge in [0.2, 0.25) is 11.9 Å². The molecular weight excluding hydrogens is 447 g/mol. The van der Waals surface area contributed by atoms with Crippen LogP contribution in [-0.4, -0.2) is 96.8 Å². The number of likely N-dealkylation sites (N-methyl/N-ethyl adjacent to an activating group) is 1. The number of hydrogen-bond donors (Lipinski definition) is 2. The molecule has 4 aliphatic rings. The van der Waals surface area contributed by atoms with E-state index in [0.717, 1.165) is 43.9 Å². The van der Waals surface area contributed by atoms with Crippen molar-refractivity contribution in [3.8, 4) is 0 Å². The zero-order chi connectivity index (χ0) is 24.2. The molecule has 2 saturated heterocycles. The van der Waals surface area contributed by atoms with Crippen molar-refractivity contribution < 1.29 is 14.0 Å². The second-order valence-electron chi connectivity index (χ2n) is 10.6. The minimum Gasteiger partial charge on any atom is -0.352 e. The molecule has 1 unspecified atom stereocenters. The number of fused-ring (bicyclic) bond motifs is 1. The van der Waals surface area contributed by atoms with Gasteiger partial charge in [0.25, 0.3) is 0 Å². The first kappa shape index (κ1) is 24.8. The normalized spacial score (nSPS) is 27.9. The topological polar surface area (TPSA) is 73.0 Å². The molecule has 1 aromatic heterocycles. The van der Waals surface area contributed by atoms with Crippen LogP contribution >= 0.6 is 0 Å². The van der Waals surface area contributed by atoms with Gasteiger partial charge in [0.05, 0.1) is 0 Å². The fourth-order valence-corrected chi connectivity index (χ4v) is 6.01. The van der Waals surface area contributed by atoms with Gasteiger partial charge in [-0.3, -0.25) is 19.4 Å². The highest BCUT2D eigenvalue weighted by molar-refractivity contribution is 5.77. The second-order valence-corrected chi connectivity index (χ2v) is 10.6. The van der Waals surface area contributed by atoms with Gasteiger partial charge in [0, 0.05) is 76.6 Å². The van der Waals surface area contributed by atoms with Crippen molar-refractivity contribution in [2.45, 2.75) is 56.8 Å². The van der Waals surface area contributed by atoms with Gasteiger partial charge in [-0.05, 0) is 49.1 Å². The number of nitrogens with zero attached hydrogens (tertiary/aromatic N) is 4. The van der Waals surface area contributed by atoms with Crippen LogP contribution in [0.15, 0.2) is 24.4 Å². The SMILES string of the molecule is CN1CCN(C[C@@H](NC(=O)C[C@H]2CNOC3C=C(c4ccnc(F)c4)CN32)C2CCCCC2)CC1. The average Bonchev–Trinajstić information content (AvgIpc) is 3.31. The number of hydroxylamine groups is 1. The van der Waals surface area contributed by atoms with E-state index < -0.39 is 5.95 Å². The standard InChI is InChI=1S/C26H39FN6O2/c1-31-9-11-32(12-10-31)18-23(19-5-3-2-4-6-19)30-25(34)15-22-16-29-35-26-14-21(17-33(22)26)20-7-8-28-24(27)13-20/h7-8,13-14,19,22-23,26,29H,2-6,9-12,15-18H2,1H3,(H,30,34)/t22-,23+,26?/m0/s1. The summed E-state index contributed by atoms with van der Waals surface area (Å²) >= 11 is 0. The van der Waals surface area contributed by atoms with Crippen molar-refractivity contribution in [3.05, 3.63) is 35.9 Å². The summed E-state index contributed by atoms with van der Waals surface area (Å²) in [5.41, 5.74) is 4.83.